The summed E-state index contributed by atoms with van der Waals surface area (Å²) in [5.74, 6) is -0.126. The van der Waals surface area contributed by atoms with Crippen LogP contribution in [0.15, 0.2) is 15.9 Å². The zero-order valence-electron chi connectivity index (χ0n) is 11.5. The minimum absolute atomic E-state index is 0. The van der Waals surface area contributed by atoms with Gasteiger partial charge in [0.2, 0.25) is 5.91 Å². The molecule has 5 nitrogen and oxygen atoms in total. The minimum Gasteiger partial charge on any atom is -0.355 e. The van der Waals surface area contributed by atoms with E-state index in [1.165, 1.54) is 11.3 Å². The number of nitrogens with one attached hydrogen (secondary N) is 1. The molecule has 1 aliphatic rings. The fraction of sp³-hybridized carbons (Fsp3) is 0.538. The Morgan fingerprint density at radius 3 is 2.90 bits per heavy atom. The van der Waals surface area contributed by atoms with Crippen LogP contribution in [0.5, 0.6) is 0 Å². The standard InChI is InChI=1S/C13H18BrN3O2S.ClH/c14-10-3-7-20-11(10)13(19)17-6-1-2-9(8-17)12(18)16-5-4-15;/h3,7,9H,1-2,4-6,8,15H2,(H,16,18);1H. The van der Waals surface area contributed by atoms with Crippen LogP contribution in [-0.4, -0.2) is 42.9 Å². The largest absolute Gasteiger partial charge is 0.355 e. The molecule has 2 heterocycles. The molecule has 0 spiro atoms. The molecule has 0 aliphatic carbocycles. The minimum atomic E-state index is -0.127. The lowest BCUT2D eigenvalue weighted by molar-refractivity contribution is -0.126. The smallest absolute Gasteiger partial charge is 0.265 e. The van der Waals surface area contributed by atoms with Gasteiger partial charge in [-0.1, -0.05) is 0 Å². The maximum absolute atomic E-state index is 12.4. The van der Waals surface area contributed by atoms with Gasteiger partial charge in [-0.15, -0.1) is 23.7 Å². The topological polar surface area (TPSA) is 75.4 Å². The number of thiophene rings is 1. The SMILES string of the molecule is Cl.NCCNC(=O)C1CCCN(C(=O)c2sccc2Br)C1. The first-order chi connectivity index (χ1) is 9.63. The molecular weight excluding hydrogens is 378 g/mol. The molecule has 2 rings (SSSR count). The van der Waals surface area contributed by atoms with E-state index in [0.29, 0.717) is 31.1 Å². The number of carbonyl (C=O) groups excluding carboxylic acids is 2. The third kappa shape index (κ3) is 4.67. The van der Waals surface area contributed by atoms with Crippen LogP contribution in [0.2, 0.25) is 0 Å². The van der Waals surface area contributed by atoms with Gasteiger partial charge in [0.1, 0.15) is 4.88 Å². The van der Waals surface area contributed by atoms with Gasteiger partial charge >= 0.3 is 0 Å². The lowest BCUT2D eigenvalue weighted by atomic mass is 9.97. The van der Waals surface area contributed by atoms with Crippen molar-refractivity contribution in [3.8, 4) is 0 Å². The van der Waals surface area contributed by atoms with Gasteiger partial charge in [-0.05, 0) is 40.2 Å². The number of nitrogens with two attached hydrogens (primary N) is 1. The van der Waals surface area contributed by atoms with E-state index in [4.69, 9.17) is 5.73 Å². The van der Waals surface area contributed by atoms with Crippen molar-refractivity contribution in [1.29, 1.82) is 0 Å². The number of hydrogen-bond acceptors (Lipinski definition) is 4. The molecule has 0 radical (unpaired) electrons. The zero-order chi connectivity index (χ0) is 14.5. The van der Waals surface area contributed by atoms with Crippen LogP contribution in [0.4, 0.5) is 0 Å². The van der Waals surface area contributed by atoms with E-state index in [-0.39, 0.29) is 30.1 Å². The first-order valence-electron chi connectivity index (χ1n) is 6.63. The van der Waals surface area contributed by atoms with Gasteiger partial charge in [0, 0.05) is 30.7 Å². The Hall–Kier alpha value is -0.630. The highest BCUT2D eigenvalue weighted by Gasteiger charge is 2.29. The van der Waals surface area contributed by atoms with Gasteiger partial charge in [0.15, 0.2) is 0 Å². The van der Waals surface area contributed by atoms with E-state index in [0.717, 1.165) is 17.3 Å². The van der Waals surface area contributed by atoms with Crippen LogP contribution in [-0.2, 0) is 4.79 Å². The third-order valence-corrected chi connectivity index (χ3v) is 5.16. The second-order valence-electron chi connectivity index (χ2n) is 4.77. The average molecular weight is 397 g/mol. The molecule has 0 bridgehead atoms. The van der Waals surface area contributed by atoms with Gasteiger partial charge < -0.3 is 16.0 Å². The first kappa shape index (κ1) is 18.4. The number of hydrogen-bond donors (Lipinski definition) is 2. The summed E-state index contributed by atoms with van der Waals surface area (Å²) in [5, 5.41) is 4.68. The van der Waals surface area contributed by atoms with Crippen LogP contribution in [0.1, 0.15) is 22.5 Å². The summed E-state index contributed by atoms with van der Waals surface area (Å²) < 4.78 is 0.821. The molecule has 1 atom stereocenters. The molecule has 3 N–H and O–H groups in total. The normalized spacial score (nSPS) is 18.0. The highest BCUT2D eigenvalue weighted by Crippen LogP contribution is 2.26. The molecule has 1 saturated heterocycles. The van der Waals surface area contributed by atoms with Crippen LogP contribution in [0.3, 0.4) is 0 Å². The van der Waals surface area contributed by atoms with E-state index < -0.39 is 0 Å². The maximum atomic E-state index is 12.4. The van der Waals surface area contributed by atoms with Gasteiger partial charge in [-0.2, -0.15) is 0 Å². The van der Waals surface area contributed by atoms with E-state index in [1.54, 1.807) is 4.90 Å². The molecule has 0 aromatic carbocycles. The Balaban J connectivity index is 0.00000220. The summed E-state index contributed by atoms with van der Waals surface area (Å²) in [6, 6.07) is 1.87. The summed E-state index contributed by atoms with van der Waals surface area (Å²) in [6.45, 7) is 2.12. The molecule has 21 heavy (non-hydrogen) atoms. The van der Waals surface area contributed by atoms with E-state index >= 15 is 0 Å². The van der Waals surface area contributed by atoms with Crippen LogP contribution in [0.25, 0.3) is 0 Å². The Morgan fingerprint density at radius 1 is 1.52 bits per heavy atom. The molecule has 118 valence electrons. The Morgan fingerprint density at radius 2 is 2.29 bits per heavy atom. The van der Waals surface area contributed by atoms with E-state index in [1.807, 2.05) is 11.4 Å². The van der Waals surface area contributed by atoms with Crippen LogP contribution in [0, 0.1) is 5.92 Å². The lowest BCUT2D eigenvalue weighted by Gasteiger charge is -2.31. The number of halogens is 2. The predicted molar refractivity (Wildman–Crippen MR) is 90.0 cm³/mol. The molecule has 1 aliphatic heterocycles. The summed E-state index contributed by atoms with van der Waals surface area (Å²) in [7, 11) is 0. The molecule has 1 aromatic rings. The summed E-state index contributed by atoms with van der Waals surface area (Å²) in [6.07, 6.45) is 1.68. The van der Waals surface area contributed by atoms with Gasteiger partial charge in [-0.25, -0.2) is 0 Å². The monoisotopic (exact) mass is 395 g/mol. The number of carbonyl (C=O) groups is 2. The maximum Gasteiger partial charge on any atom is 0.265 e. The number of piperidine rings is 1. The summed E-state index contributed by atoms with van der Waals surface area (Å²) >= 11 is 4.80. The molecule has 1 aromatic heterocycles. The highest BCUT2D eigenvalue weighted by molar-refractivity contribution is 9.10. The second-order valence-corrected chi connectivity index (χ2v) is 6.54. The fourth-order valence-electron chi connectivity index (χ4n) is 2.31. The molecule has 8 heteroatoms. The van der Waals surface area contributed by atoms with Crippen molar-refractivity contribution in [3.05, 3.63) is 20.8 Å². The molecule has 2 amide bonds. The van der Waals surface area contributed by atoms with Gasteiger partial charge in [0.05, 0.1) is 5.92 Å². The quantitative estimate of drug-likeness (QED) is 0.815. The highest BCUT2D eigenvalue weighted by atomic mass is 79.9. The number of amides is 2. The van der Waals surface area contributed by atoms with Gasteiger partial charge in [-0.3, -0.25) is 9.59 Å². The van der Waals surface area contributed by atoms with Gasteiger partial charge in [0.25, 0.3) is 5.91 Å². The fourth-order valence-corrected chi connectivity index (χ4v) is 3.81. The van der Waals surface area contributed by atoms with E-state index in [9.17, 15) is 9.59 Å². The van der Waals surface area contributed by atoms with Crippen LogP contribution < -0.4 is 11.1 Å². The van der Waals surface area contributed by atoms with Crippen molar-refractivity contribution in [2.75, 3.05) is 26.2 Å². The summed E-state index contributed by atoms with van der Waals surface area (Å²) in [5.41, 5.74) is 5.38. The lowest BCUT2D eigenvalue weighted by Crippen LogP contribution is -2.46. The van der Waals surface area contributed by atoms with E-state index in [2.05, 4.69) is 21.2 Å². The Labute approximate surface area is 142 Å². The summed E-state index contributed by atoms with van der Waals surface area (Å²) in [4.78, 5) is 26.9. The number of likely N-dealkylation sites (tertiary alicyclic amines) is 1. The van der Waals surface area contributed by atoms with Crippen molar-refractivity contribution >= 4 is 51.5 Å². The van der Waals surface area contributed by atoms with Crippen molar-refractivity contribution in [3.63, 3.8) is 0 Å². The number of rotatable bonds is 4. The third-order valence-electron chi connectivity index (χ3n) is 3.33. The van der Waals surface area contributed by atoms with Crippen LogP contribution >= 0.6 is 39.7 Å². The number of nitrogens with zero attached hydrogens (tertiary/aromatic N) is 1. The Bertz CT molecular complexity index is 498. The predicted octanol–water partition coefficient (Wildman–Crippen LogP) is 1.86. The van der Waals surface area contributed by atoms with Crippen molar-refractivity contribution < 1.29 is 9.59 Å². The second kappa shape index (κ2) is 8.73. The molecular formula is C13H19BrClN3O2S. The van der Waals surface area contributed by atoms with Crippen molar-refractivity contribution in [2.24, 2.45) is 11.7 Å². The Kier molecular flexibility index (Phi) is 7.65. The first-order valence-corrected chi connectivity index (χ1v) is 8.30. The molecule has 1 fully saturated rings. The van der Waals surface area contributed by atoms with Crippen molar-refractivity contribution in [1.82, 2.24) is 10.2 Å². The average Bonchev–Trinajstić information content (AvgIpc) is 2.90. The zero-order valence-corrected chi connectivity index (χ0v) is 14.7. The molecule has 0 saturated carbocycles. The molecule has 1 unspecified atom stereocenters. The van der Waals surface area contributed by atoms with Crippen molar-refractivity contribution in [2.45, 2.75) is 12.8 Å².